The van der Waals surface area contributed by atoms with Crippen molar-refractivity contribution in [3.8, 4) is 0 Å². The number of hydrogen-bond acceptors (Lipinski definition) is 3. The molecular weight excluding hydrogens is 216 g/mol. The Kier molecular flexibility index (Phi) is 4.46. The lowest BCUT2D eigenvalue weighted by molar-refractivity contribution is 0.0600. The summed E-state index contributed by atoms with van der Waals surface area (Å²) in [5.74, 6) is -0.391. The Morgan fingerprint density at radius 1 is 1.35 bits per heavy atom. The Balaban J connectivity index is 2.87. The summed E-state index contributed by atoms with van der Waals surface area (Å²) in [5, 5.41) is 10.1. The molecule has 0 heterocycles. The van der Waals surface area contributed by atoms with Crippen LogP contribution in [0, 0.1) is 5.92 Å². The van der Waals surface area contributed by atoms with Crippen molar-refractivity contribution in [2.45, 2.75) is 20.0 Å². The molecule has 0 saturated carbocycles. The summed E-state index contributed by atoms with van der Waals surface area (Å²) in [7, 11) is 1.34. The van der Waals surface area contributed by atoms with Gasteiger partial charge in [-0.2, -0.15) is 0 Å². The lowest BCUT2D eigenvalue weighted by Crippen LogP contribution is -2.10. The van der Waals surface area contributed by atoms with E-state index in [0.29, 0.717) is 5.56 Å². The zero-order chi connectivity index (χ0) is 13.0. The fourth-order valence-electron chi connectivity index (χ4n) is 1.49. The Morgan fingerprint density at radius 2 is 1.88 bits per heavy atom. The van der Waals surface area contributed by atoms with Crippen molar-refractivity contribution in [3.63, 3.8) is 0 Å². The highest BCUT2D eigenvalue weighted by Crippen LogP contribution is 2.26. The number of benzene rings is 1. The van der Waals surface area contributed by atoms with E-state index in [1.54, 1.807) is 24.3 Å². The highest BCUT2D eigenvalue weighted by molar-refractivity contribution is 5.89. The molecule has 0 aliphatic heterocycles. The van der Waals surface area contributed by atoms with Crippen molar-refractivity contribution in [1.29, 1.82) is 0 Å². The maximum atomic E-state index is 11.2. The molecule has 1 aromatic carbocycles. The van der Waals surface area contributed by atoms with E-state index in [-0.39, 0.29) is 11.9 Å². The first-order valence-electron chi connectivity index (χ1n) is 5.49. The molecule has 0 aromatic heterocycles. The molecule has 17 heavy (non-hydrogen) atoms. The highest BCUT2D eigenvalue weighted by atomic mass is 16.5. The molecule has 0 bridgehead atoms. The van der Waals surface area contributed by atoms with Crippen LogP contribution >= 0.6 is 0 Å². The van der Waals surface area contributed by atoms with Gasteiger partial charge in [0, 0.05) is 5.92 Å². The standard InChI is InChI=1S/C14H18O3/c1-9(2)10(3)13(15)11-5-7-12(8-6-11)14(16)17-4/h5-8,10,13,15H,1H2,2-4H3/t10-,13+/m1/s1. The van der Waals surface area contributed by atoms with Gasteiger partial charge in [0.05, 0.1) is 18.8 Å². The predicted molar refractivity (Wildman–Crippen MR) is 66.7 cm³/mol. The third kappa shape index (κ3) is 3.17. The van der Waals surface area contributed by atoms with Crippen LogP contribution in [0.1, 0.15) is 35.9 Å². The SMILES string of the molecule is C=C(C)[C@@H](C)[C@H](O)c1ccc(C(=O)OC)cc1. The van der Waals surface area contributed by atoms with Crippen LogP contribution in [0.15, 0.2) is 36.4 Å². The second-order valence-corrected chi connectivity index (χ2v) is 4.19. The van der Waals surface area contributed by atoms with E-state index >= 15 is 0 Å². The molecule has 1 rings (SSSR count). The zero-order valence-electron chi connectivity index (χ0n) is 10.4. The van der Waals surface area contributed by atoms with Crippen LogP contribution < -0.4 is 0 Å². The first kappa shape index (κ1) is 13.5. The van der Waals surface area contributed by atoms with Crippen molar-refractivity contribution >= 4 is 5.97 Å². The number of carbonyl (C=O) groups is 1. The Morgan fingerprint density at radius 3 is 2.29 bits per heavy atom. The lowest BCUT2D eigenvalue weighted by atomic mass is 9.92. The molecule has 92 valence electrons. The number of esters is 1. The molecule has 0 unspecified atom stereocenters. The van der Waals surface area contributed by atoms with E-state index < -0.39 is 6.10 Å². The Labute approximate surface area is 102 Å². The molecule has 0 aliphatic rings. The van der Waals surface area contributed by atoms with Gasteiger partial charge in [-0.15, -0.1) is 0 Å². The van der Waals surface area contributed by atoms with Crippen LogP contribution in [0.25, 0.3) is 0 Å². The first-order chi connectivity index (χ1) is 7.97. The normalized spacial score (nSPS) is 13.9. The van der Waals surface area contributed by atoms with Crippen LogP contribution in [0.3, 0.4) is 0 Å². The number of aliphatic hydroxyl groups excluding tert-OH is 1. The van der Waals surface area contributed by atoms with E-state index in [2.05, 4.69) is 11.3 Å². The molecule has 0 saturated heterocycles. The minimum absolute atomic E-state index is 0.0148. The van der Waals surface area contributed by atoms with Crippen molar-refractivity contribution in [2.75, 3.05) is 7.11 Å². The third-order valence-electron chi connectivity index (χ3n) is 2.92. The largest absolute Gasteiger partial charge is 0.465 e. The molecule has 1 aromatic rings. The van der Waals surface area contributed by atoms with Crippen molar-refractivity contribution < 1.29 is 14.6 Å². The summed E-state index contributed by atoms with van der Waals surface area (Å²) >= 11 is 0. The monoisotopic (exact) mass is 234 g/mol. The van der Waals surface area contributed by atoms with Gasteiger partial charge in [-0.1, -0.05) is 31.2 Å². The third-order valence-corrected chi connectivity index (χ3v) is 2.92. The number of carbonyl (C=O) groups excluding carboxylic acids is 1. The minimum Gasteiger partial charge on any atom is -0.465 e. The molecule has 0 amide bonds. The first-order valence-corrected chi connectivity index (χ1v) is 5.49. The second-order valence-electron chi connectivity index (χ2n) is 4.19. The molecule has 2 atom stereocenters. The summed E-state index contributed by atoms with van der Waals surface area (Å²) in [6, 6.07) is 6.76. The molecule has 0 aliphatic carbocycles. The molecule has 1 N–H and O–H groups in total. The van der Waals surface area contributed by atoms with Gasteiger partial charge in [0.25, 0.3) is 0 Å². The molecule has 0 fully saturated rings. The molecule has 0 spiro atoms. The van der Waals surface area contributed by atoms with E-state index in [1.807, 2.05) is 13.8 Å². The number of aliphatic hydroxyl groups is 1. The molecule has 3 heteroatoms. The van der Waals surface area contributed by atoms with Crippen molar-refractivity contribution in [3.05, 3.63) is 47.5 Å². The molecule has 0 radical (unpaired) electrons. The van der Waals surface area contributed by atoms with Crippen LogP contribution in [0.5, 0.6) is 0 Å². The van der Waals surface area contributed by atoms with Gasteiger partial charge in [0.15, 0.2) is 0 Å². The molecular formula is C14H18O3. The van der Waals surface area contributed by atoms with E-state index in [4.69, 9.17) is 0 Å². The van der Waals surface area contributed by atoms with Crippen molar-refractivity contribution in [1.82, 2.24) is 0 Å². The van der Waals surface area contributed by atoms with Crippen molar-refractivity contribution in [2.24, 2.45) is 5.92 Å². The van der Waals surface area contributed by atoms with Gasteiger partial charge in [-0.05, 0) is 24.6 Å². The molecule has 3 nitrogen and oxygen atoms in total. The number of rotatable bonds is 4. The topological polar surface area (TPSA) is 46.5 Å². The summed E-state index contributed by atoms with van der Waals surface area (Å²) < 4.78 is 4.61. The quantitative estimate of drug-likeness (QED) is 0.643. The summed E-state index contributed by atoms with van der Waals surface area (Å²) in [6.45, 7) is 7.63. The van der Waals surface area contributed by atoms with Gasteiger partial charge in [-0.25, -0.2) is 4.79 Å². The maximum absolute atomic E-state index is 11.2. The van der Waals surface area contributed by atoms with Crippen LogP contribution in [0.4, 0.5) is 0 Å². The average Bonchev–Trinajstić information content (AvgIpc) is 2.36. The van der Waals surface area contributed by atoms with Gasteiger partial charge < -0.3 is 9.84 Å². The number of hydrogen-bond donors (Lipinski definition) is 1. The van der Waals surface area contributed by atoms with Gasteiger partial charge >= 0.3 is 5.97 Å². The number of methoxy groups -OCH3 is 1. The summed E-state index contributed by atoms with van der Waals surface area (Å²) in [6.07, 6.45) is -0.598. The van der Waals surface area contributed by atoms with Gasteiger partial charge in [0.1, 0.15) is 0 Å². The summed E-state index contributed by atoms with van der Waals surface area (Å²) in [4.78, 5) is 11.2. The zero-order valence-corrected chi connectivity index (χ0v) is 10.4. The maximum Gasteiger partial charge on any atom is 0.337 e. The Bertz CT molecular complexity index is 406. The number of ether oxygens (including phenoxy) is 1. The van der Waals surface area contributed by atoms with Crippen LogP contribution in [0.2, 0.25) is 0 Å². The van der Waals surface area contributed by atoms with E-state index in [1.165, 1.54) is 7.11 Å². The van der Waals surface area contributed by atoms with Crippen LogP contribution in [-0.4, -0.2) is 18.2 Å². The fraction of sp³-hybridized carbons (Fsp3) is 0.357. The van der Waals surface area contributed by atoms with Gasteiger partial charge in [0.2, 0.25) is 0 Å². The van der Waals surface area contributed by atoms with Crippen LogP contribution in [-0.2, 0) is 4.74 Å². The minimum atomic E-state index is -0.598. The summed E-state index contributed by atoms with van der Waals surface area (Å²) in [5.41, 5.74) is 2.18. The van der Waals surface area contributed by atoms with Gasteiger partial charge in [-0.3, -0.25) is 0 Å². The lowest BCUT2D eigenvalue weighted by Gasteiger charge is -2.19. The fourth-order valence-corrected chi connectivity index (χ4v) is 1.49. The average molecular weight is 234 g/mol. The second kappa shape index (κ2) is 5.64. The highest BCUT2D eigenvalue weighted by Gasteiger charge is 2.17. The van der Waals surface area contributed by atoms with E-state index in [0.717, 1.165) is 11.1 Å². The Hall–Kier alpha value is -1.61. The smallest absolute Gasteiger partial charge is 0.337 e. The van der Waals surface area contributed by atoms with E-state index in [9.17, 15) is 9.90 Å². The predicted octanol–water partition coefficient (Wildman–Crippen LogP) is 2.72.